The molecule has 116 valence electrons. The lowest BCUT2D eigenvalue weighted by atomic mass is 10.1. The lowest BCUT2D eigenvalue weighted by molar-refractivity contribution is 0.0944. The van der Waals surface area contributed by atoms with Crippen molar-refractivity contribution in [2.45, 2.75) is 25.1 Å². The topological polar surface area (TPSA) is 52.6 Å². The summed E-state index contributed by atoms with van der Waals surface area (Å²) in [4.78, 5) is 15.0. The van der Waals surface area contributed by atoms with Gasteiger partial charge in [-0.25, -0.2) is 0 Å². The Labute approximate surface area is 134 Å². The summed E-state index contributed by atoms with van der Waals surface area (Å²) in [6.07, 6.45) is 0.393. The molecule has 2 atom stereocenters. The number of carbonyl (C=O) groups excluding carboxylic acids is 1. The molecule has 5 heteroatoms. The number of aliphatic hydroxyl groups is 1. The van der Waals surface area contributed by atoms with Crippen LogP contribution in [0.5, 0.6) is 0 Å². The van der Waals surface area contributed by atoms with E-state index in [9.17, 15) is 9.90 Å². The number of aliphatic hydroxyl groups excluding tert-OH is 1. The lowest BCUT2D eigenvalue weighted by Gasteiger charge is -2.24. The number of hydrogen-bond acceptors (Lipinski definition) is 4. The van der Waals surface area contributed by atoms with Gasteiger partial charge in [0.1, 0.15) is 0 Å². The van der Waals surface area contributed by atoms with Gasteiger partial charge in [-0.2, -0.15) is 0 Å². The third kappa shape index (κ3) is 3.74. The van der Waals surface area contributed by atoms with E-state index >= 15 is 0 Å². The number of rotatable bonds is 5. The number of β-amino-alcohol motifs (C(OH)–C–C–N with tert-alkyl or cyclic N) is 1. The van der Waals surface area contributed by atoms with Gasteiger partial charge in [0.15, 0.2) is 0 Å². The van der Waals surface area contributed by atoms with E-state index in [1.165, 1.54) is 16.9 Å². The van der Waals surface area contributed by atoms with Crippen molar-refractivity contribution in [3.8, 4) is 0 Å². The molecule has 0 aliphatic carbocycles. The van der Waals surface area contributed by atoms with Crippen molar-refractivity contribution in [2.75, 3.05) is 13.1 Å². The van der Waals surface area contributed by atoms with Gasteiger partial charge >= 0.3 is 0 Å². The van der Waals surface area contributed by atoms with E-state index < -0.39 is 0 Å². The Balaban J connectivity index is 1.58. The lowest BCUT2D eigenvalue weighted by Crippen LogP contribution is -2.39. The smallest absolute Gasteiger partial charge is 0.261 e. The van der Waals surface area contributed by atoms with Crippen LogP contribution in [0, 0.1) is 0 Å². The predicted octanol–water partition coefficient (Wildman–Crippen LogP) is 2.11. The summed E-state index contributed by atoms with van der Waals surface area (Å²) >= 11 is 1.44. The summed E-state index contributed by atoms with van der Waals surface area (Å²) < 4.78 is 0. The first-order valence-corrected chi connectivity index (χ1v) is 8.38. The molecule has 1 fully saturated rings. The SMILES string of the molecule is O=C(NCC1CC(O)CN1Cc1ccccc1)c1cccs1. The molecule has 0 spiro atoms. The minimum absolute atomic E-state index is 0.0314. The van der Waals surface area contributed by atoms with Gasteiger partial charge in [-0.1, -0.05) is 36.4 Å². The van der Waals surface area contributed by atoms with Crippen molar-refractivity contribution < 1.29 is 9.90 Å². The highest BCUT2D eigenvalue weighted by Crippen LogP contribution is 2.20. The molecule has 1 amide bonds. The summed E-state index contributed by atoms with van der Waals surface area (Å²) in [5.74, 6) is -0.0314. The van der Waals surface area contributed by atoms with E-state index in [0.717, 1.165) is 11.4 Å². The highest BCUT2D eigenvalue weighted by Gasteiger charge is 2.31. The molecule has 2 N–H and O–H groups in total. The molecule has 1 aromatic carbocycles. The Morgan fingerprint density at radius 1 is 1.27 bits per heavy atom. The van der Waals surface area contributed by atoms with E-state index in [-0.39, 0.29) is 18.1 Å². The molecule has 2 aromatic rings. The molecular weight excluding hydrogens is 296 g/mol. The number of amides is 1. The summed E-state index contributed by atoms with van der Waals surface area (Å²) in [6.45, 7) is 2.03. The third-order valence-corrected chi connectivity index (χ3v) is 4.85. The Hall–Kier alpha value is -1.69. The molecule has 0 saturated carbocycles. The van der Waals surface area contributed by atoms with Crippen LogP contribution in [0.25, 0.3) is 0 Å². The number of benzene rings is 1. The van der Waals surface area contributed by atoms with Gasteiger partial charge < -0.3 is 10.4 Å². The Kier molecular flexibility index (Phi) is 4.87. The second-order valence-electron chi connectivity index (χ2n) is 5.65. The van der Waals surface area contributed by atoms with Gasteiger partial charge in [0.2, 0.25) is 0 Å². The highest BCUT2D eigenvalue weighted by molar-refractivity contribution is 7.12. The van der Waals surface area contributed by atoms with E-state index in [1.807, 2.05) is 35.7 Å². The van der Waals surface area contributed by atoms with Crippen LogP contribution in [0.3, 0.4) is 0 Å². The molecule has 2 heterocycles. The second-order valence-corrected chi connectivity index (χ2v) is 6.59. The fourth-order valence-electron chi connectivity index (χ4n) is 2.89. The van der Waals surface area contributed by atoms with Crippen molar-refractivity contribution in [3.05, 3.63) is 58.3 Å². The standard InChI is InChI=1S/C17H20N2O2S/c20-15-9-14(10-18-17(21)16-7-4-8-22-16)19(12-15)11-13-5-2-1-3-6-13/h1-8,14-15,20H,9-12H2,(H,18,21). The minimum Gasteiger partial charge on any atom is -0.392 e. The van der Waals surface area contributed by atoms with Gasteiger partial charge in [0.25, 0.3) is 5.91 Å². The number of thiophene rings is 1. The van der Waals surface area contributed by atoms with Crippen LogP contribution >= 0.6 is 11.3 Å². The molecule has 1 saturated heterocycles. The molecule has 3 rings (SSSR count). The minimum atomic E-state index is -0.313. The van der Waals surface area contributed by atoms with Crippen LogP contribution < -0.4 is 5.32 Å². The predicted molar refractivity (Wildman–Crippen MR) is 87.9 cm³/mol. The molecule has 0 bridgehead atoms. The average molecular weight is 316 g/mol. The summed E-state index contributed by atoms with van der Waals surface area (Å²) in [5.41, 5.74) is 1.23. The van der Waals surface area contributed by atoms with Crippen molar-refractivity contribution in [3.63, 3.8) is 0 Å². The van der Waals surface area contributed by atoms with Crippen molar-refractivity contribution in [2.24, 2.45) is 0 Å². The van der Waals surface area contributed by atoms with Crippen molar-refractivity contribution >= 4 is 17.2 Å². The number of hydrogen-bond donors (Lipinski definition) is 2. The Morgan fingerprint density at radius 3 is 2.82 bits per heavy atom. The maximum absolute atomic E-state index is 12.0. The average Bonchev–Trinajstić information content (AvgIpc) is 3.16. The van der Waals surface area contributed by atoms with E-state index in [0.29, 0.717) is 19.5 Å². The van der Waals surface area contributed by atoms with Gasteiger partial charge in [-0.15, -0.1) is 11.3 Å². The van der Waals surface area contributed by atoms with Gasteiger partial charge in [-0.05, 0) is 23.4 Å². The summed E-state index contributed by atoms with van der Waals surface area (Å²) in [6, 6.07) is 14.1. The molecule has 4 nitrogen and oxygen atoms in total. The van der Waals surface area contributed by atoms with E-state index in [1.54, 1.807) is 0 Å². The summed E-state index contributed by atoms with van der Waals surface area (Å²) in [5, 5.41) is 14.8. The second kappa shape index (κ2) is 7.05. The highest BCUT2D eigenvalue weighted by atomic mass is 32.1. The van der Waals surface area contributed by atoms with Crippen LogP contribution in [0.15, 0.2) is 47.8 Å². The van der Waals surface area contributed by atoms with E-state index in [2.05, 4.69) is 22.3 Å². The molecule has 2 unspecified atom stereocenters. The molecule has 22 heavy (non-hydrogen) atoms. The zero-order valence-corrected chi connectivity index (χ0v) is 13.1. The molecule has 1 aliphatic heterocycles. The quantitative estimate of drug-likeness (QED) is 0.888. The van der Waals surface area contributed by atoms with Gasteiger partial charge in [0, 0.05) is 25.7 Å². The maximum atomic E-state index is 12.0. The van der Waals surface area contributed by atoms with Gasteiger partial charge in [-0.3, -0.25) is 9.69 Å². The molecule has 1 aliphatic rings. The number of nitrogens with one attached hydrogen (secondary N) is 1. The number of nitrogens with zero attached hydrogens (tertiary/aromatic N) is 1. The van der Waals surface area contributed by atoms with Crippen LogP contribution in [0.4, 0.5) is 0 Å². The zero-order valence-electron chi connectivity index (χ0n) is 12.3. The normalized spacial score (nSPS) is 21.9. The Bertz CT molecular complexity index is 600. The zero-order chi connectivity index (χ0) is 15.4. The van der Waals surface area contributed by atoms with Crippen LogP contribution in [-0.4, -0.2) is 41.1 Å². The monoisotopic (exact) mass is 316 g/mol. The van der Waals surface area contributed by atoms with Crippen molar-refractivity contribution in [1.29, 1.82) is 0 Å². The van der Waals surface area contributed by atoms with Crippen LogP contribution in [0.2, 0.25) is 0 Å². The largest absolute Gasteiger partial charge is 0.392 e. The van der Waals surface area contributed by atoms with Crippen LogP contribution in [0.1, 0.15) is 21.7 Å². The fourth-order valence-corrected chi connectivity index (χ4v) is 3.53. The van der Waals surface area contributed by atoms with Gasteiger partial charge in [0.05, 0.1) is 11.0 Å². The molecular formula is C17H20N2O2S. The number of carbonyl (C=O) groups is 1. The summed E-state index contributed by atoms with van der Waals surface area (Å²) in [7, 11) is 0. The fraction of sp³-hybridized carbons (Fsp3) is 0.353. The third-order valence-electron chi connectivity index (χ3n) is 3.98. The molecule has 1 aromatic heterocycles. The first-order valence-electron chi connectivity index (χ1n) is 7.50. The number of likely N-dealkylation sites (tertiary alicyclic amines) is 1. The first kappa shape index (κ1) is 15.2. The van der Waals surface area contributed by atoms with Crippen molar-refractivity contribution in [1.82, 2.24) is 10.2 Å². The maximum Gasteiger partial charge on any atom is 0.261 e. The van der Waals surface area contributed by atoms with Crippen LogP contribution in [-0.2, 0) is 6.54 Å². The van der Waals surface area contributed by atoms with E-state index in [4.69, 9.17) is 0 Å². The Morgan fingerprint density at radius 2 is 2.09 bits per heavy atom. The molecule has 0 radical (unpaired) electrons. The first-order chi connectivity index (χ1) is 10.7.